The predicted molar refractivity (Wildman–Crippen MR) is 290 cm³/mol. The molecule has 4 nitrogen and oxygen atoms in total. The summed E-state index contributed by atoms with van der Waals surface area (Å²) in [4.78, 5) is 12.5. The van der Waals surface area contributed by atoms with Crippen LogP contribution >= 0.6 is 0 Å². The molecular weight excluding hydrogens is 795 g/mol. The van der Waals surface area contributed by atoms with Gasteiger partial charge >= 0.3 is 0 Å². The minimum Gasteiger partial charge on any atom is -0.394 e. The highest BCUT2D eigenvalue weighted by Crippen LogP contribution is 2.18. The molecule has 0 saturated heterocycles. The Balaban J connectivity index is 3.36. The summed E-state index contributed by atoms with van der Waals surface area (Å²) in [6.45, 7) is 4.33. The van der Waals surface area contributed by atoms with Gasteiger partial charge in [0.05, 0.1) is 18.8 Å². The van der Waals surface area contributed by atoms with Crippen molar-refractivity contribution in [2.24, 2.45) is 0 Å². The van der Waals surface area contributed by atoms with Gasteiger partial charge < -0.3 is 15.5 Å². The summed E-state index contributed by atoms with van der Waals surface area (Å²) < 4.78 is 0. The lowest BCUT2D eigenvalue weighted by molar-refractivity contribution is -0.123. The standard InChI is InChI=1S/C61H119NO3/c1-3-5-7-9-11-13-15-17-19-20-21-22-23-24-25-26-27-28-29-30-31-32-33-34-35-36-37-38-39-40-41-42-43-45-47-49-51-53-55-57-61(65)62-59(58-63)60(64)56-54-52-50-48-46-44-18-16-14-12-10-8-6-4-2/h20-21,54,56,59-60,63-64H,3-19,22-53,55,57-58H2,1-2H3,(H,62,65)/b21-20-,56-54+. The van der Waals surface area contributed by atoms with Gasteiger partial charge in [0.15, 0.2) is 0 Å². The van der Waals surface area contributed by atoms with Crippen LogP contribution in [0.3, 0.4) is 0 Å². The van der Waals surface area contributed by atoms with E-state index in [2.05, 4.69) is 31.3 Å². The monoisotopic (exact) mass is 914 g/mol. The van der Waals surface area contributed by atoms with Crippen LogP contribution in [0.4, 0.5) is 0 Å². The van der Waals surface area contributed by atoms with Gasteiger partial charge in [-0.25, -0.2) is 0 Å². The van der Waals surface area contributed by atoms with Crippen LogP contribution in [-0.2, 0) is 4.79 Å². The Morgan fingerprint density at radius 3 is 0.846 bits per heavy atom. The Bertz CT molecular complexity index is 947. The van der Waals surface area contributed by atoms with E-state index >= 15 is 0 Å². The zero-order valence-electron chi connectivity index (χ0n) is 44.5. The van der Waals surface area contributed by atoms with Crippen molar-refractivity contribution in [1.82, 2.24) is 5.32 Å². The molecule has 0 aromatic rings. The number of rotatable bonds is 56. The molecule has 0 saturated carbocycles. The molecule has 0 aromatic heterocycles. The van der Waals surface area contributed by atoms with E-state index in [1.165, 1.54) is 295 Å². The predicted octanol–water partition coefficient (Wildman–Crippen LogP) is 19.9. The maximum Gasteiger partial charge on any atom is 0.220 e. The molecule has 0 fully saturated rings. The van der Waals surface area contributed by atoms with Crippen molar-refractivity contribution in [3.05, 3.63) is 24.3 Å². The quantitative estimate of drug-likeness (QED) is 0.0421. The highest BCUT2D eigenvalue weighted by atomic mass is 16.3. The van der Waals surface area contributed by atoms with Gasteiger partial charge in [0.2, 0.25) is 5.91 Å². The number of carbonyl (C=O) groups excluding carboxylic acids is 1. The number of aliphatic hydroxyl groups excluding tert-OH is 2. The molecule has 2 unspecified atom stereocenters. The fourth-order valence-electron chi connectivity index (χ4n) is 9.59. The Morgan fingerprint density at radius 2 is 0.585 bits per heavy atom. The van der Waals surface area contributed by atoms with Crippen LogP contribution in [0, 0.1) is 0 Å². The third kappa shape index (κ3) is 53.7. The van der Waals surface area contributed by atoms with Crippen LogP contribution < -0.4 is 5.32 Å². The van der Waals surface area contributed by atoms with E-state index < -0.39 is 12.1 Å². The first-order valence-corrected chi connectivity index (χ1v) is 30.1. The summed E-state index contributed by atoms with van der Waals surface area (Å²) in [5, 5.41) is 23.1. The minimum atomic E-state index is -0.835. The van der Waals surface area contributed by atoms with Crippen LogP contribution in [0.5, 0.6) is 0 Å². The maximum atomic E-state index is 12.5. The molecule has 0 aliphatic heterocycles. The second-order valence-electron chi connectivity index (χ2n) is 20.8. The van der Waals surface area contributed by atoms with Crippen molar-refractivity contribution < 1.29 is 15.0 Å². The largest absolute Gasteiger partial charge is 0.394 e. The molecule has 2 atom stereocenters. The first kappa shape index (κ1) is 63.9. The molecule has 0 radical (unpaired) electrons. The molecule has 0 aliphatic rings. The third-order valence-electron chi connectivity index (χ3n) is 14.2. The zero-order chi connectivity index (χ0) is 47.0. The second kappa shape index (κ2) is 57.2. The average Bonchev–Trinajstić information content (AvgIpc) is 3.31. The minimum absolute atomic E-state index is 0.0575. The first-order chi connectivity index (χ1) is 32.2. The van der Waals surface area contributed by atoms with E-state index in [0.717, 1.165) is 25.7 Å². The van der Waals surface area contributed by atoms with Crippen molar-refractivity contribution in [1.29, 1.82) is 0 Å². The van der Waals surface area contributed by atoms with Crippen LogP contribution in [0.1, 0.15) is 341 Å². The van der Waals surface area contributed by atoms with E-state index in [4.69, 9.17) is 0 Å². The Labute approximate surface area is 409 Å². The van der Waals surface area contributed by atoms with Crippen LogP contribution in [-0.4, -0.2) is 34.9 Å². The first-order valence-electron chi connectivity index (χ1n) is 30.1. The SMILES string of the molecule is CCCCCCCCCC/C=C\CCCCCCCCCCCCCCCCCCCCCCCCCCCCCC(=O)NC(CO)C(O)/C=C/CCCCCCCCCCCCCC. The summed E-state index contributed by atoms with van der Waals surface area (Å²) in [5.74, 6) is -0.0575. The molecule has 1 amide bonds. The van der Waals surface area contributed by atoms with Crippen molar-refractivity contribution in [3.63, 3.8) is 0 Å². The number of nitrogens with one attached hydrogen (secondary N) is 1. The number of carbonyl (C=O) groups is 1. The maximum absolute atomic E-state index is 12.5. The third-order valence-corrected chi connectivity index (χ3v) is 14.2. The number of hydrogen-bond acceptors (Lipinski definition) is 3. The molecule has 0 aliphatic carbocycles. The molecule has 0 heterocycles. The molecule has 0 spiro atoms. The van der Waals surface area contributed by atoms with Crippen LogP contribution in [0.25, 0.3) is 0 Å². The van der Waals surface area contributed by atoms with Gasteiger partial charge in [0, 0.05) is 6.42 Å². The molecule has 0 bridgehead atoms. The van der Waals surface area contributed by atoms with E-state index in [9.17, 15) is 15.0 Å². The zero-order valence-corrected chi connectivity index (χ0v) is 44.5. The van der Waals surface area contributed by atoms with Crippen molar-refractivity contribution in [3.8, 4) is 0 Å². The van der Waals surface area contributed by atoms with Crippen molar-refractivity contribution in [2.75, 3.05) is 6.61 Å². The summed E-state index contributed by atoms with van der Waals surface area (Å²) in [7, 11) is 0. The highest BCUT2D eigenvalue weighted by Gasteiger charge is 2.18. The van der Waals surface area contributed by atoms with Crippen LogP contribution in [0.15, 0.2) is 24.3 Å². The summed E-state index contributed by atoms with van der Waals surface area (Å²) >= 11 is 0. The van der Waals surface area contributed by atoms with Gasteiger partial charge in [0.25, 0.3) is 0 Å². The lowest BCUT2D eigenvalue weighted by Gasteiger charge is -2.20. The Hall–Kier alpha value is -1.13. The van der Waals surface area contributed by atoms with Gasteiger partial charge in [0.1, 0.15) is 0 Å². The molecule has 4 heteroatoms. The summed E-state index contributed by atoms with van der Waals surface area (Å²) in [6, 6.07) is -0.618. The fraction of sp³-hybridized carbons (Fsp3) is 0.918. The van der Waals surface area contributed by atoms with E-state index in [1.54, 1.807) is 6.08 Å². The number of aliphatic hydroxyl groups is 2. The van der Waals surface area contributed by atoms with Gasteiger partial charge in [-0.1, -0.05) is 314 Å². The fourth-order valence-corrected chi connectivity index (χ4v) is 9.59. The molecule has 65 heavy (non-hydrogen) atoms. The normalized spacial score (nSPS) is 12.9. The molecule has 0 aromatic carbocycles. The number of allylic oxidation sites excluding steroid dienone is 3. The topological polar surface area (TPSA) is 69.6 Å². The van der Waals surface area contributed by atoms with Crippen molar-refractivity contribution in [2.45, 2.75) is 353 Å². The molecule has 0 rings (SSSR count). The van der Waals surface area contributed by atoms with Gasteiger partial charge in [-0.15, -0.1) is 0 Å². The molecule has 3 N–H and O–H groups in total. The summed E-state index contributed by atoms with van der Waals surface area (Å²) in [5.41, 5.74) is 0. The Morgan fingerprint density at radius 1 is 0.354 bits per heavy atom. The van der Waals surface area contributed by atoms with E-state index in [0.29, 0.717) is 6.42 Å². The van der Waals surface area contributed by atoms with Crippen LogP contribution in [0.2, 0.25) is 0 Å². The van der Waals surface area contributed by atoms with Crippen molar-refractivity contribution >= 4 is 5.91 Å². The number of unbranched alkanes of at least 4 members (excludes halogenated alkanes) is 47. The van der Waals surface area contributed by atoms with Gasteiger partial charge in [-0.05, 0) is 44.9 Å². The average molecular weight is 915 g/mol. The number of hydrogen-bond donors (Lipinski definition) is 3. The lowest BCUT2D eigenvalue weighted by Crippen LogP contribution is -2.45. The van der Waals surface area contributed by atoms with Gasteiger partial charge in [-0.2, -0.15) is 0 Å². The molecule has 386 valence electrons. The van der Waals surface area contributed by atoms with E-state index in [1.807, 2.05) is 6.08 Å². The number of amides is 1. The highest BCUT2D eigenvalue weighted by molar-refractivity contribution is 5.76. The molecular formula is C61H119NO3. The summed E-state index contributed by atoms with van der Waals surface area (Å²) in [6.07, 6.45) is 76.6. The van der Waals surface area contributed by atoms with Gasteiger partial charge in [-0.3, -0.25) is 4.79 Å². The second-order valence-corrected chi connectivity index (χ2v) is 20.8. The van der Waals surface area contributed by atoms with E-state index in [-0.39, 0.29) is 12.5 Å². The lowest BCUT2D eigenvalue weighted by atomic mass is 10.0. The Kier molecular flexibility index (Phi) is 56.2. The smallest absolute Gasteiger partial charge is 0.220 e.